The lowest BCUT2D eigenvalue weighted by molar-refractivity contribution is 0.183. The van der Waals surface area contributed by atoms with Crippen LogP contribution in [0, 0.1) is 0 Å². The lowest BCUT2D eigenvalue weighted by Gasteiger charge is -2.26. The summed E-state index contributed by atoms with van der Waals surface area (Å²) in [5.41, 5.74) is 1.07. The monoisotopic (exact) mass is 341 g/mol. The molecule has 0 aliphatic carbocycles. The van der Waals surface area contributed by atoms with E-state index in [9.17, 15) is 5.11 Å². The number of piperidine rings is 1. The quantitative estimate of drug-likeness (QED) is 0.791. The van der Waals surface area contributed by atoms with Gasteiger partial charge in [-0.1, -0.05) is 18.6 Å². The lowest BCUT2D eigenvalue weighted by Crippen LogP contribution is -2.33. The zero-order valence-electron chi connectivity index (χ0n) is 14.7. The van der Waals surface area contributed by atoms with Gasteiger partial charge in [0.15, 0.2) is 0 Å². The molecular weight excluding hydrogens is 314 g/mol. The largest absolute Gasteiger partial charge is 0.508 e. The summed E-state index contributed by atoms with van der Waals surface area (Å²) in [6.07, 6.45) is 4.76. The molecule has 0 radical (unpaired) electrons. The molecule has 2 aromatic rings. The molecule has 0 bridgehead atoms. The average molecular weight is 341 g/mol. The van der Waals surface area contributed by atoms with Gasteiger partial charge >= 0.3 is 0 Å². The van der Waals surface area contributed by atoms with Gasteiger partial charge in [-0.2, -0.15) is 0 Å². The second-order valence-corrected chi connectivity index (χ2v) is 6.49. The summed E-state index contributed by atoms with van der Waals surface area (Å²) >= 11 is 0. The molecule has 134 valence electrons. The van der Waals surface area contributed by atoms with Crippen molar-refractivity contribution >= 4 is 0 Å². The van der Waals surface area contributed by atoms with E-state index in [-0.39, 0.29) is 0 Å². The van der Waals surface area contributed by atoms with Gasteiger partial charge in [-0.15, -0.1) is 0 Å². The first-order valence-electron chi connectivity index (χ1n) is 9.15. The number of ether oxygens (including phenoxy) is 2. The summed E-state index contributed by atoms with van der Waals surface area (Å²) in [6.45, 7) is 4.73. The average Bonchev–Trinajstić information content (AvgIpc) is 2.64. The minimum absolute atomic E-state index is 0.295. The summed E-state index contributed by atoms with van der Waals surface area (Å²) in [5.74, 6) is 2.02. The lowest BCUT2D eigenvalue weighted by atomic mass is 10.1. The van der Waals surface area contributed by atoms with Gasteiger partial charge in [0.25, 0.3) is 0 Å². The van der Waals surface area contributed by atoms with Crippen LogP contribution < -0.4 is 9.47 Å². The summed E-state index contributed by atoms with van der Waals surface area (Å²) < 4.78 is 11.6. The zero-order chi connectivity index (χ0) is 17.3. The smallest absolute Gasteiger partial charge is 0.119 e. The van der Waals surface area contributed by atoms with Crippen molar-refractivity contribution in [1.82, 2.24) is 4.90 Å². The molecule has 0 unspecified atom stereocenters. The van der Waals surface area contributed by atoms with Gasteiger partial charge in [0.05, 0.1) is 6.61 Å². The Hall–Kier alpha value is -2.20. The molecule has 0 atom stereocenters. The topological polar surface area (TPSA) is 41.9 Å². The van der Waals surface area contributed by atoms with Crippen molar-refractivity contribution in [2.24, 2.45) is 0 Å². The number of benzene rings is 2. The van der Waals surface area contributed by atoms with Crippen LogP contribution in [0.5, 0.6) is 17.2 Å². The number of nitrogens with zero attached hydrogens (tertiary/aromatic N) is 1. The molecule has 3 rings (SSSR count). The molecule has 1 N–H and O–H groups in total. The van der Waals surface area contributed by atoms with E-state index in [0.29, 0.717) is 12.4 Å². The predicted molar refractivity (Wildman–Crippen MR) is 99.5 cm³/mol. The van der Waals surface area contributed by atoms with Crippen LogP contribution in [0.2, 0.25) is 0 Å². The molecular formula is C21H27NO3. The number of phenols is 1. The highest BCUT2D eigenvalue weighted by Gasteiger charge is 2.09. The fourth-order valence-electron chi connectivity index (χ4n) is 3.11. The van der Waals surface area contributed by atoms with Crippen molar-refractivity contribution < 1.29 is 14.6 Å². The van der Waals surface area contributed by atoms with Crippen LogP contribution in [0.25, 0.3) is 0 Å². The van der Waals surface area contributed by atoms with Crippen LogP contribution in [-0.4, -0.2) is 42.9 Å². The SMILES string of the molecule is Oc1cccc(CCOc2ccc(OCCN3CCCCC3)cc2)c1. The van der Waals surface area contributed by atoms with E-state index in [1.807, 2.05) is 36.4 Å². The van der Waals surface area contributed by atoms with E-state index >= 15 is 0 Å². The van der Waals surface area contributed by atoms with Crippen LogP contribution in [0.3, 0.4) is 0 Å². The minimum Gasteiger partial charge on any atom is -0.508 e. The van der Waals surface area contributed by atoms with E-state index < -0.39 is 0 Å². The molecule has 0 aromatic heterocycles. The van der Waals surface area contributed by atoms with Gasteiger partial charge < -0.3 is 14.6 Å². The first-order valence-corrected chi connectivity index (χ1v) is 9.15. The molecule has 4 nitrogen and oxygen atoms in total. The number of rotatable bonds is 8. The van der Waals surface area contributed by atoms with E-state index in [4.69, 9.17) is 9.47 Å². The Morgan fingerprint density at radius 1 is 0.840 bits per heavy atom. The number of likely N-dealkylation sites (tertiary alicyclic amines) is 1. The highest BCUT2D eigenvalue weighted by Crippen LogP contribution is 2.18. The Bertz CT molecular complexity index is 636. The Balaban J connectivity index is 1.36. The number of aromatic hydroxyl groups is 1. The van der Waals surface area contributed by atoms with Gasteiger partial charge in [-0.3, -0.25) is 4.90 Å². The fraction of sp³-hybridized carbons (Fsp3) is 0.429. The van der Waals surface area contributed by atoms with Gasteiger partial charge in [0, 0.05) is 13.0 Å². The Labute approximate surface area is 150 Å². The molecule has 0 amide bonds. The zero-order valence-corrected chi connectivity index (χ0v) is 14.7. The second kappa shape index (κ2) is 9.33. The Morgan fingerprint density at radius 2 is 1.52 bits per heavy atom. The van der Waals surface area contributed by atoms with E-state index in [2.05, 4.69) is 4.90 Å². The Kier molecular flexibility index (Phi) is 6.57. The minimum atomic E-state index is 0.295. The fourth-order valence-corrected chi connectivity index (χ4v) is 3.11. The van der Waals surface area contributed by atoms with E-state index in [1.165, 1.54) is 32.4 Å². The maximum atomic E-state index is 9.46. The van der Waals surface area contributed by atoms with Crippen LogP contribution >= 0.6 is 0 Å². The number of hydrogen-bond acceptors (Lipinski definition) is 4. The molecule has 1 aliphatic heterocycles. The van der Waals surface area contributed by atoms with E-state index in [0.717, 1.165) is 36.6 Å². The third kappa shape index (κ3) is 5.98. The van der Waals surface area contributed by atoms with Crippen molar-refractivity contribution in [2.45, 2.75) is 25.7 Å². The molecule has 1 saturated heterocycles. The van der Waals surface area contributed by atoms with Gasteiger partial charge in [-0.25, -0.2) is 0 Å². The highest BCUT2D eigenvalue weighted by atomic mass is 16.5. The van der Waals surface area contributed by atoms with Crippen molar-refractivity contribution in [3.8, 4) is 17.2 Å². The van der Waals surface area contributed by atoms with Gasteiger partial charge in [-0.05, 0) is 67.9 Å². The van der Waals surface area contributed by atoms with E-state index in [1.54, 1.807) is 12.1 Å². The third-order valence-corrected chi connectivity index (χ3v) is 4.52. The predicted octanol–water partition coefficient (Wildman–Crippen LogP) is 3.88. The van der Waals surface area contributed by atoms with Crippen molar-refractivity contribution in [2.75, 3.05) is 32.8 Å². The molecule has 2 aromatic carbocycles. The molecule has 1 fully saturated rings. The van der Waals surface area contributed by atoms with Crippen molar-refractivity contribution in [3.05, 3.63) is 54.1 Å². The summed E-state index contributed by atoms with van der Waals surface area (Å²) in [7, 11) is 0. The molecule has 4 heteroatoms. The van der Waals surface area contributed by atoms with Crippen LogP contribution in [0.1, 0.15) is 24.8 Å². The van der Waals surface area contributed by atoms with Crippen LogP contribution in [0.15, 0.2) is 48.5 Å². The van der Waals surface area contributed by atoms with Crippen molar-refractivity contribution in [1.29, 1.82) is 0 Å². The molecule has 1 aliphatic rings. The van der Waals surface area contributed by atoms with Crippen LogP contribution in [0.4, 0.5) is 0 Å². The van der Waals surface area contributed by atoms with Crippen molar-refractivity contribution in [3.63, 3.8) is 0 Å². The molecule has 1 heterocycles. The Morgan fingerprint density at radius 3 is 2.20 bits per heavy atom. The first kappa shape index (κ1) is 17.6. The third-order valence-electron chi connectivity index (χ3n) is 4.52. The molecule has 0 saturated carbocycles. The molecule has 25 heavy (non-hydrogen) atoms. The second-order valence-electron chi connectivity index (χ2n) is 6.49. The molecule has 0 spiro atoms. The summed E-state index contributed by atoms with van der Waals surface area (Å²) in [5, 5.41) is 9.46. The normalized spacial score (nSPS) is 15.0. The summed E-state index contributed by atoms with van der Waals surface area (Å²) in [6, 6.07) is 15.1. The first-order chi connectivity index (χ1) is 12.3. The standard InChI is InChI=1S/C21H27NO3/c23-19-6-4-5-18(17-19)11-15-24-20-7-9-21(10-8-20)25-16-14-22-12-2-1-3-13-22/h4-10,17,23H,1-3,11-16H2. The number of phenolic OH excluding ortho intramolecular Hbond substituents is 1. The summed E-state index contributed by atoms with van der Waals surface area (Å²) in [4.78, 5) is 2.47. The van der Waals surface area contributed by atoms with Gasteiger partial charge in [0.2, 0.25) is 0 Å². The van der Waals surface area contributed by atoms with Gasteiger partial charge in [0.1, 0.15) is 23.9 Å². The van der Waals surface area contributed by atoms with Crippen LogP contribution in [-0.2, 0) is 6.42 Å². The maximum absolute atomic E-state index is 9.46. The number of hydrogen-bond donors (Lipinski definition) is 1. The maximum Gasteiger partial charge on any atom is 0.119 e. The highest BCUT2D eigenvalue weighted by molar-refractivity contribution is 5.31.